The minimum atomic E-state index is -0.790. The summed E-state index contributed by atoms with van der Waals surface area (Å²) in [6.07, 6.45) is 3.19. The van der Waals surface area contributed by atoms with Crippen LogP contribution in [0.1, 0.15) is 25.5 Å². The average Bonchev–Trinajstić information content (AvgIpc) is 3.21. The van der Waals surface area contributed by atoms with E-state index in [1.807, 2.05) is 24.3 Å². The fraction of sp³-hybridized carbons (Fsp3) is 0.200. The Morgan fingerprint density at radius 2 is 2.00 bits per heavy atom. The molecule has 2 aromatic heterocycles. The first-order valence-electron chi connectivity index (χ1n) is 8.64. The first kappa shape index (κ1) is 17.0. The number of H-pyrrole nitrogens is 1. The van der Waals surface area contributed by atoms with E-state index in [4.69, 9.17) is 0 Å². The molecule has 1 unspecified atom stereocenters. The van der Waals surface area contributed by atoms with Crippen molar-refractivity contribution in [3.63, 3.8) is 0 Å². The molecule has 1 aliphatic rings. The van der Waals surface area contributed by atoms with Gasteiger partial charge in [0.1, 0.15) is 0 Å². The molecule has 1 atom stereocenters. The molecule has 7 nitrogen and oxygen atoms in total. The summed E-state index contributed by atoms with van der Waals surface area (Å²) in [6, 6.07) is 10.1. The smallest absolute Gasteiger partial charge is 0.296 e. The SMILES string of the molecule is CC(C)C(=O)C1=C(O)C(=O)N(c2nc3ccccc3[nH]2)C1c1cccnc1. The van der Waals surface area contributed by atoms with Crippen molar-refractivity contribution in [1.29, 1.82) is 0 Å². The molecule has 3 heterocycles. The molecule has 0 bridgehead atoms. The molecular weight excluding hydrogens is 344 g/mol. The molecule has 3 aromatic rings. The molecule has 1 amide bonds. The van der Waals surface area contributed by atoms with Crippen molar-refractivity contribution in [3.05, 3.63) is 65.7 Å². The minimum absolute atomic E-state index is 0.0726. The molecule has 0 spiro atoms. The monoisotopic (exact) mass is 362 g/mol. The molecule has 1 aromatic carbocycles. The standard InChI is InChI=1S/C20H18N4O3/c1-11(2)17(25)15-16(12-6-5-9-21-10-12)24(19(27)18(15)26)20-22-13-7-3-4-8-14(13)23-20/h3-11,16,26H,1-2H3,(H,22,23). The molecule has 0 aliphatic carbocycles. The molecule has 7 heteroatoms. The van der Waals surface area contributed by atoms with E-state index in [-0.39, 0.29) is 23.2 Å². The number of ketones is 1. The highest BCUT2D eigenvalue weighted by Gasteiger charge is 2.46. The number of anilines is 1. The zero-order valence-corrected chi connectivity index (χ0v) is 14.9. The molecule has 0 saturated heterocycles. The highest BCUT2D eigenvalue weighted by atomic mass is 16.3. The summed E-state index contributed by atoms with van der Waals surface area (Å²) in [5.74, 6) is -1.58. The lowest BCUT2D eigenvalue weighted by atomic mass is 9.92. The summed E-state index contributed by atoms with van der Waals surface area (Å²) >= 11 is 0. The van der Waals surface area contributed by atoms with Crippen molar-refractivity contribution >= 4 is 28.7 Å². The number of aromatic amines is 1. The Bertz CT molecular complexity index is 1040. The van der Waals surface area contributed by atoms with Gasteiger partial charge in [0.05, 0.1) is 22.6 Å². The van der Waals surface area contributed by atoms with Gasteiger partial charge >= 0.3 is 0 Å². The van der Waals surface area contributed by atoms with Crippen LogP contribution in [0, 0.1) is 5.92 Å². The second kappa shape index (κ2) is 6.35. The molecule has 4 rings (SSSR count). The summed E-state index contributed by atoms with van der Waals surface area (Å²) in [5, 5.41) is 10.5. The van der Waals surface area contributed by atoms with Crippen molar-refractivity contribution < 1.29 is 14.7 Å². The summed E-state index contributed by atoms with van der Waals surface area (Å²) < 4.78 is 0. The number of nitrogens with one attached hydrogen (secondary N) is 1. The third-order valence-electron chi connectivity index (χ3n) is 4.60. The van der Waals surface area contributed by atoms with Gasteiger partial charge in [-0.05, 0) is 23.8 Å². The second-order valence-electron chi connectivity index (χ2n) is 6.72. The van der Waals surface area contributed by atoms with Gasteiger partial charge in [-0.3, -0.25) is 19.5 Å². The van der Waals surface area contributed by atoms with Crippen molar-refractivity contribution in [3.8, 4) is 0 Å². The largest absolute Gasteiger partial charge is 0.503 e. The Labute approximate surface area is 155 Å². The number of aromatic nitrogens is 3. The number of carbonyl (C=O) groups excluding carboxylic acids is 2. The van der Waals surface area contributed by atoms with E-state index in [0.29, 0.717) is 11.1 Å². The summed E-state index contributed by atoms with van der Waals surface area (Å²) in [5.41, 5.74) is 2.14. The number of hydrogen-bond acceptors (Lipinski definition) is 5. The first-order chi connectivity index (χ1) is 13.0. The summed E-state index contributed by atoms with van der Waals surface area (Å²) in [7, 11) is 0. The van der Waals surface area contributed by atoms with E-state index in [1.165, 1.54) is 4.90 Å². The topological polar surface area (TPSA) is 99.2 Å². The number of Topliss-reactive ketones (excluding diaryl/α,β-unsaturated/α-hetero) is 1. The van der Waals surface area contributed by atoms with Crippen LogP contribution in [0.15, 0.2) is 60.1 Å². The van der Waals surface area contributed by atoms with E-state index in [1.54, 1.807) is 38.4 Å². The zero-order chi connectivity index (χ0) is 19.1. The first-order valence-corrected chi connectivity index (χ1v) is 8.64. The van der Waals surface area contributed by atoms with E-state index in [0.717, 1.165) is 5.52 Å². The Morgan fingerprint density at radius 3 is 2.67 bits per heavy atom. The molecule has 0 fully saturated rings. The van der Waals surface area contributed by atoms with Crippen LogP contribution in [0.3, 0.4) is 0 Å². The van der Waals surface area contributed by atoms with Gasteiger partial charge < -0.3 is 10.1 Å². The lowest BCUT2D eigenvalue weighted by Gasteiger charge is -2.24. The van der Waals surface area contributed by atoms with Gasteiger partial charge in [0.2, 0.25) is 5.95 Å². The molecule has 0 radical (unpaired) electrons. The molecule has 2 N–H and O–H groups in total. The summed E-state index contributed by atoms with van der Waals surface area (Å²) in [4.78, 5) is 38.7. The molecule has 1 aliphatic heterocycles. The number of benzene rings is 1. The lowest BCUT2D eigenvalue weighted by Crippen LogP contribution is -2.32. The molecule has 136 valence electrons. The zero-order valence-electron chi connectivity index (χ0n) is 14.9. The van der Waals surface area contributed by atoms with Crippen molar-refractivity contribution in [1.82, 2.24) is 15.0 Å². The number of pyridine rings is 1. The van der Waals surface area contributed by atoms with Crippen LogP contribution < -0.4 is 4.90 Å². The highest BCUT2D eigenvalue weighted by molar-refractivity contribution is 6.16. The van der Waals surface area contributed by atoms with Gasteiger partial charge in [0.25, 0.3) is 5.91 Å². The minimum Gasteiger partial charge on any atom is -0.503 e. The molecule has 0 saturated carbocycles. The average molecular weight is 362 g/mol. The van der Waals surface area contributed by atoms with Crippen LogP contribution in [-0.2, 0) is 9.59 Å². The fourth-order valence-electron chi connectivity index (χ4n) is 3.29. The van der Waals surface area contributed by atoms with Crippen LogP contribution in [0.2, 0.25) is 0 Å². The number of aliphatic hydroxyl groups is 1. The van der Waals surface area contributed by atoms with Crippen molar-refractivity contribution in [2.45, 2.75) is 19.9 Å². The van der Waals surface area contributed by atoms with Gasteiger partial charge in [-0.25, -0.2) is 4.98 Å². The van der Waals surface area contributed by atoms with Crippen LogP contribution in [-0.4, -0.2) is 31.7 Å². The number of nitrogens with zero attached hydrogens (tertiary/aromatic N) is 3. The van der Waals surface area contributed by atoms with Gasteiger partial charge in [-0.2, -0.15) is 0 Å². The normalized spacial score (nSPS) is 17.4. The Balaban J connectivity index is 1.90. The Morgan fingerprint density at radius 1 is 1.22 bits per heavy atom. The number of carbonyl (C=O) groups is 2. The van der Waals surface area contributed by atoms with Gasteiger partial charge in [-0.1, -0.05) is 32.0 Å². The Kier molecular flexibility index (Phi) is 3.99. The quantitative estimate of drug-likeness (QED) is 0.743. The maximum absolute atomic E-state index is 12.9. The number of hydrogen-bond donors (Lipinski definition) is 2. The molecular formula is C20H18N4O3. The van der Waals surface area contributed by atoms with Crippen molar-refractivity contribution in [2.24, 2.45) is 5.92 Å². The third kappa shape index (κ3) is 2.68. The van der Waals surface area contributed by atoms with E-state index in [2.05, 4.69) is 15.0 Å². The number of imidazole rings is 1. The van der Waals surface area contributed by atoms with Gasteiger partial charge in [-0.15, -0.1) is 0 Å². The second-order valence-corrected chi connectivity index (χ2v) is 6.72. The maximum atomic E-state index is 12.9. The maximum Gasteiger partial charge on any atom is 0.296 e. The number of rotatable bonds is 4. The van der Waals surface area contributed by atoms with Crippen molar-refractivity contribution in [2.75, 3.05) is 4.90 Å². The predicted octanol–water partition coefficient (Wildman–Crippen LogP) is 3.08. The van der Waals surface area contributed by atoms with E-state index >= 15 is 0 Å². The summed E-state index contributed by atoms with van der Waals surface area (Å²) in [6.45, 7) is 3.47. The van der Waals surface area contributed by atoms with Crippen LogP contribution >= 0.6 is 0 Å². The third-order valence-corrected chi connectivity index (χ3v) is 4.60. The van der Waals surface area contributed by atoms with Crippen LogP contribution in [0.4, 0.5) is 5.95 Å². The van der Waals surface area contributed by atoms with E-state index in [9.17, 15) is 14.7 Å². The Hall–Kier alpha value is -3.48. The number of fused-ring (bicyclic) bond motifs is 1. The predicted molar refractivity (Wildman–Crippen MR) is 100 cm³/mol. The van der Waals surface area contributed by atoms with Crippen LogP contribution in [0.5, 0.6) is 0 Å². The van der Waals surface area contributed by atoms with Crippen LogP contribution in [0.25, 0.3) is 11.0 Å². The van der Waals surface area contributed by atoms with Gasteiger partial charge in [0.15, 0.2) is 11.5 Å². The number of para-hydroxylation sites is 2. The number of aliphatic hydroxyl groups excluding tert-OH is 1. The fourth-order valence-corrected chi connectivity index (χ4v) is 3.29. The van der Waals surface area contributed by atoms with E-state index < -0.39 is 17.7 Å². The lowest BCUT2D eigenvalue weighted by molar-refractivity contribution is -0.119. The highest BCUT2D eigenvalue weighted by Crippen LogP contribution is 2.40. The molecule has 27 heavy (non-hydrogen) atoms. The van der Waals surface area contributed by atoms with Gasteiger partial charge in [0, 0.05) is 18.3 Å². The number of amides is 1.